The van der Waals surface area contributed by atoms with E-state index in [0.29, 0.717) is 6.04 Å². The molecule has 16 heavy (non-hydrogen) atoms. The number of halogens is 1. The van der Waals surface area contributed by atoms with Crippen LogP contribution in [0.4, 0.5) is 5.69 Å². The Balaban J connectivity index is 2.90. The highest BCUT2D eigenvalue weighted by Gasteiger charge is 2.08. The van der Waals surface area contributed by atoms with Crippen LogP contribution in [0.5, 0.6) is 0 Å². The van der Waals surface area contributed by atoms with Crippen molar-refractivity contribution in [2.24, 2.45) is 5.73 Å². The van der Waals surface area contributed by atoms with Crippen LogP contribution in [0.1, 0.15) is 26.3 Å². The number of hydrogen-bond donors (Lipinski definition) is 1. The summed E-state index contributed by atoms with van der Waals surface area (Å²) in [6, 6.07) is 7.18. The topological polar surface area (TPSA) is 29.3 Å². The lowest BCUT2D eigenvalue weighted by Gasteiger charge is -2.24. The molecule has 90 valence electrons. The van der Waals surface area contributed by atoms with E-state index in [1.54, 1.807) is 0 Å². The Hall–Kier alpha value is -0.540. The highest BCUT2D eigenvalue weighted by Crippen LogP contribution is 2.25. The summed E-state index contributed by atoms with van der Waals surface area (Å²) in [4.78, 5) is 2.25. The summed E-state index contributed by atoms with van der Waals surface area (Å²) < 4.78 is 1.15. The van der Waals surface area contributed by atoms with Gasteiger partial charge in [0.25, 0.3) is 0 Å². The molecule has 0 aliphatic heterocycles. The van der Waals surface area contributed by atoms with E-state index in [4.69, 9.17) is 5.73 Å². The van der Waals surface area contributed by atoms with Crippen LogP contribution in [0, 0.1) is 0 Å². The van der Waals surface area contributed by atoms with Gasteiger partial charge in [0.1, 0.15) is 0 Å². The molecule has 1 atom stereocenters. The summed E-state index contributed by atoms with van der Waals surface area (Å²) in [6.07, 6.45) is 0.909. The van der Waals surface area contributed by atoms with E-state index in [-0.39, 0.29) is 6.04 Å². The average molecular weight is 285 g/mol. The van der Waals surface area contributed by atoms with Crippen molar-refractivity contribution in [2.45, 2.75) is 39.3 Å². The number of hydrogen-bond acceptors (Lipinski definition) is 2. The largest absolute Gasteiger partial charge is 0.372 e. The van der Waals surface area contributed by atoms with E-state index in [1.165, 1.54) is 11.3 Å². The summed E-state index contributed by atoms with van der Waals surface area (Å²) in [5, 5.41) is 0. The maximum Gasteiger partial charge on any atom is 0.0377 e. The van der Waals surface area contributed by atoms with Gasteiger partial charge in [-0.15, -0.1) is 0 Å². The summed E-state index contributed by atoms with van der Waals surface area (Å²) in [7, 11) is 2.11. The lowest BCUT2D eigenvalue weighted by atomic mass is 10.1. The molecule has 3 heteroatoms. The van der Waals surface area contributed by atoms with Gasteiger partial charge in [-0.05, 0) is 44.9 Å². The Labute approximate surface area is 107 Å². The standard InChI is InChI=1S/C13H21BrN2/c1-9(2)16(4)12-6-5-11(7-10(3)15)13(14)8-12/h5-6,8-10H,7,15H2,1-4H3. The maximum absolute atomic E-state index is 5.81. The summed E-state index contributed by atoms with van der Waals surface area (Å²) in [5.41, 5.74) is 8.31. The highest BCUT2D eigenvalue weighted by molar-refractivity contribution is 9.10. The fourth-order valence-corrected chi connectivity index (χ4v) is 2.09. The predicted molar refractivity (Wildman–Crippen MR) is 75.0 cm³/mol. The van der Waals surface area contributed by atoms with Crippen LogP contribution < -0.4 is 10.6 Å². The fraction of sp³-hybridized carbons (Fsp3) is 0.538. The van der Waals surface area contributed by atoms with Crippen molar-refractivity contribution in [3.05, 3.63) is 28.2 Å². The molecule has 1 rings (SSSR count). The van der Waals surface area contributed by atoms with Crippen LogP contribution in [0.15, 0.2) is 22.7 Å². The van der Waals surface area contributed by atoms with Crippen molar-refractivity contribution in [3.8, 4) is 0 Å². The van der Waals surface area contributed by atoms with Crippen LogP contribution in [0.25, 0.3) is 0 Å². The van der Waals surface area contributed by atoms with E-state index in [9.17, 15) is 0 Å². The zero-order valence-electron chi connectivity index (χ0n) is 10.5. The minimum absolute atomic E-state index is 0.199. The first kappa shape index (κ1) is 13.5. The lowest BCUT2D eigenvalue weighted by molar-refractivity contribution is 0.733. The van der Waals surface area contributed by atoms with Crippen LogP contribution in [-0.2, 0) is 6.42 Å². The van der Waals surface area contributed by atoms with Gasteiger partial charge < -0.3 is 10.6 Å². The van der Waals surface area contributed by atoms with E-state index >= 15 is 0 Å². The van der Waals surface area contributed by atoms with Gasteiger partial charge in [0.15, 0.2) is 0 Å². The number of nitrogens with two attached hydrogens (primary N) is 1. The molecule has 0 saturated heterocycles. The van der Waals surface area contributed by atoms with Crippen molar-refractivity contribution in [3.63, 3.8) is 0 Å². The second-order valence-electron chi connectivity index (χ2n) is 4.66. The maximum atomic E-state index is 5.81. The van der Waals surface area contributed by atoms with Crippen LogP contribution >= 0.6 is 15.9 Å². The van der Waals surface area contributed by atoms with Crippen molar-refractivity contribution in [1.29, 1.82) is 0 Å². The van der Waals surface area contributed by atoms with Gasteiger partial charge >= 0.3 is 0 Å². The van der Waals surface area contributed by atoms with Crippen molar-refractivity contribution >= 4 is 21.6 Å². The average Bonchev–Trinajstić information content (AvgIpc) is 2.19. The Bertz CT molecular complexity index is 348. The first-order valence-corrected chi connectivity index (χ1v) is 6.48. The predicted octanol–water partition coefficient (Wildman–Crippen LogP) is 3.18. The minimum atomic E-state index is 0.199. The molecule has 0 bridgehead atoms. The molecule has 2 N–H and O–H groups in total. The molecule has 0 heterocycles. The monoisotopic (exact) mass is 284 g/mol. The fourth-order valence-electron chi connectivity index (χ4n) is 1.57. The summed E-state index contributed by atoms with van der Waals surface area (Å²) in [6.45, 7) is 6.40. The van der Waals surface area contributed by atoms with Gasteiger partial charge in [-0.1, -0.05) is 22.0 Å². The quantitative estimate of drug-likeness (QED) is 0.920. The number of nitrogens with zero attached hydrogens (tertiary/aromatic N) is 1. The normalized spacial score (nSPS) is 12.9. The van der Waals surface area contributed by atoms with Gasteiger partial charge in [0.05, 0.1) is 0 Å². The smallest absolute Gasteiger partial charge is 0.0377 e. The zero-order valence-corrected chi connectivity index (χ0v) is 12.1. The molecule has 1 aromatic rings. The van der Waals surface area contributed by atoms with E-state index in [1.807, 2.05) is 6.92 Å². The van der Waals surface area contributed by atoms with Crippen molar-refractivity contribution in [1.82, 2.24) is 0 Å². The lowest BCUT2D eigenvalue weighted by Crippen LogP contribution is -2.25. The second-order valence-corrected chi connectivity index (χ2v) is 5.52. The van der Waals surface area contributed by atoms with Crippen LogP contribution in [-0.4, -0.2) is 19.1 Å². The van der Waals surface area contributed by atoms with E-state index in [0.717, 1.165) is 10.9 Å². The van der Waals surface area contributed by atoms with Gasteiger partial charge in [-0.2, -0.15) is 0 Å². The van der Waals surface area contributed by atoms with Gasteiger partial charge in [-0.3, -0.25) is 0 Å². The Kier molecular flexibility index (Phi) is 4.81. The highest BCUT2D eigenvalue weighted by atomic mass is 79.9. The Morgan fingerprint density at radius 3 is 2.38 bits per heavy atom. The second kappa shape index (κ2) is 5.69. The number of rotatable bonds is 4. The third kappa shape index (κ3) is 3.49. The van der Waals surface area contributed by atoms with Crippen molar-refractivity contribution < 1.29 is 0 Å². The van der Waals surface area contributed by atoms with Crippen molar-refractivity contribution in [2.75, 3.05) is 11.9 Å². The Morgan fingerprint density at radius 1 is 1.31 bits per heavy atom. The molecule has 0 spiro atoms. The molecule has 0 saturated carbocycles. The molecular formula is C13H21BrN2. The summed E-state index contributed by atoms with van der Waals surface area (Å²) in [5.74, 6) is 0. The molecule has 1 unspecified atom stereocenters. The van der Waals surface area contributed by atoms with Crippen LogP contribution in [0.3, 0.4) is 0 Å². The summed E-state index contributed by atoms with van der Waals surface area (Å²) >= 11 is 3.61. The van der Waals surface area contributed by atoms with Gasteiger partial charge in [0.2, 0.25) is 0 Å². The van der Waals surface area contributed by atoms with E-state index < -0.39 is 0 Å². The number of benzene rings is 1. The molecule has 0 radical (unpaired) electrons. The first-order chi connectivity index (χ1) is 7.41. The third-order valence-electron chi connectivity index (χ3n) is 2.76. The molecule has 0 amide bonds. The minimum Gasteiger partial charge on any atom is -0.372 e. The number of anilines is 1. The molecule has 0 aliphatic carbocycles. The molecule has 0 aromatic heterocycles. The molecule has 0 fully saturated rings. The third-order valence-corrected chi connectivity index (χ3v) is 3.50. The molecule has 1 aromatic carbocycles. The van der Waals surface area contributed by atoms with Gasteiger partial charge in [0, 0.05) is 29.3 Å². The van der Waals surface area contributed by atoms with E-state index in [2.05, 4.69) is 59.9 Å². The molecule has 0 aliphatic rings. The van der Waals surface area contributed by atoms with Crippen LogP contribution in [0.2, 0.25) is 0 Å². The Morgan fingerprint density at radius 2 is 1.94 bits per heavy atom. The first-order valence-electron chi connectivity index (χ1n) is 5.68. The molecular weight excluding hydrogens is 264 g/mol. The molecule has 2 nitrogen and oxygen atoms in total. The van der Waals surface area contributed by atoms with Gasteiger partial charge in [-0.25, -0.2) is 0 Å². The SMILES string of the molecule is CC(N)Cc1ccc(N(C)C(C)C)cc1Br. The zero-order chi connectivity index (χ0) is 12.3.